The van der Waals surface area contributed by atoms with Crippen LogP contribution in [0.4, 0.5) is 10.1 Å². The summed E-state index contributed by atoms with van der Waals surface area (Å²) in [4.78, 5) is 14.0. The van der Waals surface area contributed by atoms with Crippen molar-refractivity contribution >= 4 is 11.6 Å². The molecule has 0 radical (unpaired) electrons. The zero-order valence-electron chi connectivity index (χ0n) is 12.3. The Hall–Kier alpha value is -1.82. The summed E-state index contributed by atoms with van der Waals surface area (Å²) in [6, 6.07) is 4.34. The molecule has 2 rings (SSSR count). The summed E-state index contributed by atoms with van der Waals surface area (Å²) in [5.41, 5.74) is 6.42. The average molecular weight is 295 g/mol. The Labute approximate surface area is 124 Å². The number of nitrogens with zero attached hydrogens (tertiary/aromatic N) is 1. The zero-order chi connectivity index (χ0) is 15.2. The van der Waals surface area contributed by atoms with E-state index in [1.165, 1.54) is 13.2 Å². The number of ether oxygens (including phenoxy) is 1. The minimum absolute atomic E-state index is 0.115. The lowest BCUT2D eigenvalue weighted by molar-refractivity contribution is -0.130. The lowest BCUT2D eigenvalue weighted by atomic mass is 10.1. The van der Waals surface area contributed by atoms with Crippen molar-refractivity contribution in [2.45, 2.75) is 25.3 Å². The molecule has 1 aliphatic rings. The fraction of sp³-hybridized carbons (Fsp3) is 0.533. The van der Waals surface area contributed by atoms with Gasteiger partial charge in [-0.15, -0.1) is 0 Å². The van der Waals surface area contributed by atoms with Crippen molar-refractivity contribution in [2.75, 3.05) is 32.1 Å². The molecule has 0 saturated carbocycles. The molecule has 1 aromatic carbocycles. The highest BCUT2D eigenvalue weighted by Crippen LogP contribution is 2.22. The van der Waals surface area contributed by atoms with Crippen molar-refractivity contribution < 1.29 is 13.9 Å². The summed E-state index contributed by atoms with van der Waals surface area (Å²) < 4.78 is 18.3. The van der Waals surface area contributed by atoms with Crippen LogP contribution >= 0.6 is 0 Å². The first kappa shape index (κ1) is 15.6. The van der Waals surface area contributed by atoms with Crippen LogP contribution in [0.3, 0.4) is 0 Å². The van der Waals surface area contributed by atoms with E-state index in [0.717, 1.165) is 25.9 Å². The highest BCUT2D eigenvalue weighted by Gasteiger charge is 2.21. The van der Waals surface area contributed by atoms with Crippen LogP contribution in [0.2, 0.25) is 0 Å². The third-order valence-electron chi connectivity index (χ3n) is 3.69. The lowest BCUT2D eigenvalue weighted by Crippen LogP contribution is -2.37. The Morgan fingerprint density at radius 1 is 1.48 bits per heavy atom. The first-order valence-corrected chi connectivity index (χ1v) is 7.22. The molecule has 0 bridgehead atoms. The second-order valence-electron chi connectivity index (χ2n) is 5.22. The number of nitrogens with two attached hydrogens (primary N) is 1. The number of benzene rings is 1. The maximum Gasteiger partial charge on any atom is 0.224 e. The number of rotatable bonds is 6. The summed E-state index contributed by atoms with van der Waals surface area (Å²) in [5, 5.41) is 3.17. The number of carbonyl (C=O) groups is 1. The van der Waals surface area contributed by atoms with Gasteiger partial charge in [0, 0.05) is 43.9 Å². The number of hydrogen-bond acceptors (Lipinski definition) is 4. The molecule has 1 aromatic rings. The van der Waals surface area contributed by atoms with Crippen molar-refractivity contribution in [1.82, 2.24) is 4.90 Å². The molecule has 1 heterocycles. The summed E-state index contributed by atoms with van der Waals surface area (Å²) in [6.07, 6.45) is 2.49. The molecule has 1 saturated heterocycles. The molecule has 6 heteroatoms. The highest BCUT2D eigenvalue weighted by atomic mass is 19.1. The van der Waals surface area contributed by atoms with E-state index in [2.05, 4.69) is 5.32 Å². The van der Waals surface area contributed by atoms with Crippen molar-refractivity contribution in [3.63, 3.8) is 0 Å². The van der Waals surface area contributed by atoms with Gasteiger partial charge in [0.2, 0.25) is 5.91 Å². The van der Waals surface area contributed by atoms with Gasteiger partial charge in [0.15, 0.2) is 11.6 Å². The molecule has 1 amide bonds. The van der Waals surface area contributed by atoms with Crippen molar-refractivity contribution in [3.8, 4) is 5.75 Å². The molecule has 0 aliphatic carbocycles. The fourth-order valence-corrected chi connectivity index (χ4v) is 2.48. The van der Waals surface area contributed by atoms with Crippen LogP contribution in [0.15, 0.2) is 18.2 Å². The topological polar surface area (TPSA) is 67.6 Å². The minimum atomic E-state index is -0.416. The Kier molecular flexibility index (Phi) is 5.38. The van der Waals surface area contributed by atoms with Gasteiger partial charge in [0.25, 0.3) is 0 Å². The van der Waals surface area contributed by atoms with E-state index in [1.54, 1.807) is 12.1 Å². The first-order chi connectivity index (χ1) is 10.1. The molecule has 116 valence electrons. The minimum Gasteiger partial charge on any atom is -0.494 e. The predicted molar refractivity (Wildman–Crippen MR) is 79.8 cm³/mol. The van der Waals surface area contributed by atoms with Gasteiger partial charge in [-0.2, -0.15) is 0 Å². The quantitative estimate of drug-likeness (QED) is 0.836. The van der Waals surface area contributed by atoms with Gasteiger partial charge in [0.1, 0.15) is 0 Å². The van der Waals surface area contributed by atoms with Crippen LogP contribution < -0.4 is 15.8 Å². The molecule has 0 aromatic heterocycles. The fourth-order valence-electron chi connectivity index (χ4n) is 2.48. The van der Waals surface area contributed by atoms with Crippen LogP contribution in [0.25, 0.3) is 0 Å². The van der Waals surface area contributed by atoms with Crippen LogP contribution in [-0.2, 0) is 4.79 Å². The van der Waals surface area contributed by atoms with E-state index >= 15 is 0 Å². The molecular formula is C15H22FN3O2. The molecule has 21 heavy (non-hydrogen) atoms. The first-order valence-electron chi connectivity index (χ1n) is 7.22. The second-order valence-corrected chi connectivity index (χ2v) is 5.22. The SMILES string of the molecule is COc1cc(NC(CN)CC(=O)N2CCCC2)ccc1F. The number of nitrogens with one attached hydrogen (secondary N) is 1. The van der Waals surface area contributed by atoms with Crippen LogP contribution in [0, 0.1) is 5.82 Å². The van der Waals surface area contributed by atoms with E-state index in [9.17, 15) is 9.18 Å². The van der Waals surface area contributed by atoms with E-state index in [1.807, 2.05) is 4.90 Å². The number of methoxy groups -OCH3 is 1. The number of amides is 1. The number of halogens is 1. The normalized spacial score (nSPS) is 15.9. The Morgan fingerprint density at radius 3 is 2.81 bits per heavy atom. The number of likely N-dealkylation sites (tertiary alicyclic amines) is 1. The smallest absolute Gasteiger partial charge is 0.224 e. The summed E-state index contributed by atoms with van der Waals surface area (Å²) in [6.45, 7) is 2.00. The number of hydrogen-bond donors (Lipinski definition) is 2. The molecule has 1 atom stereocenters. The van der Waals surface area contributed by atoms with E-state index in [-0.39, 0.29) is 17.7 Å². The van der Waals surface area contributed by atoms with Gasteiger partial charge in [-0.3, -0.25) is 4.79 Å². The van der Waals surface area contributed by atoms with E-state index in [4.69, 9.17) is 10.5 Å². The van der Waals surface area contributed by atoms with Gasteiger partial charge in [-0.05, 0) is 25.0 Å². The Bertz CT molecular complexity index is 490. The molecule has 3 N–H and O–H groups in total. The van der Waals surface area contributed by atoms with Gasteiger partial charge in [-0.25, -0.2) is 4.39 Å². The molecule has 0 spiro atoms. The average Bonchev–Trinajstić information content (AvgIpc) is 3.02. The van der Waals surface area contributed by atoms with Crippen molar-refractivity contribution in [1.29, 1.82) is 0 Å². The summed E-state index contributed by atoms with van der Waals surface area (Å²) in [7, 11) is 1.42. The van der Waals surface area contributed by atoms with Crippen molar-refractivity contribution in [2.24, 2.45) is 5.73 Å². The summed E-state index contributed by atoms with van der Waals surface area (Å²) >= 11 is 0. The van der Waals surface area contributed by atoms with Gasteiger partial charge in [-0.1, -0.05) is 0 Å². The van der Waals surface area contributed by atoms with Gasteiger partial charge >= 0.3 is 0 Å². The number of carbonyl (C=O) groups excluding carboxylic acids is 1. The lowest BCUT2D eigenvalue weighted by Gasteiger charge is -2.22. The largest absolute Gasteiger partial charge is 0.494 e. The highest BCUT2D eigenvalue weighted by molar-refractivity contribution is 5.77. The van der Waals surface area contributed by atoms with E-state index in [0.29, 0.717) is 18.7 Å². The molecule has 1 aliphatic heterocycles. The molecular weight excluding hydrogens is 273 g/mol. The monoisotopic (exact) mass is 295 g/mol. The van der Waals surface area contributed by atoms with Crippen LogP contribution in [-0.4, -0.2) is 43.6 Å². The molecule has 1 fully saturated rings. The standard InChI is InChI=1S/C15H22FN3O2/c1-21-14-8-11(4-5-13(14)16)18-12(10-17)9-15(20)19-6-2-3-7-19/h4-5,8,12,18H,2-3,6-7,9-10,17H2,1H3. The zero-order valence-corrected chi connectivity index (χ0v) is 12.3. The van der Waals surface area contributed by atoms with Gasteiger partial charge < -0.3 is 20.7 Å². The second kappa shape index (κ2) is 7.26. The van der Waals surface area contributed by atoms with Crippen LogP contribution in [0.1, 0.15) is 19.3 Å². The third kappa shape index (κ3) is 4.07. The maximum absolute atomic E-state index is 13.4. The molecule has 1 unspecified atom stereocenters. The number of anilines is 1. The third-order valence-corrected chi connectivity index (χ3v) is 3.69. The maximum atomic E-state index is 13.4. The van der Waals surface area contributed by atoms with Gasteiger partial charge in [0.05, 0.1) is 7.11 Å². The van der Waals surface area contributed by atoms with E-state index < -0.39 is 5.82 Å². The molecule has 5 nitrogen and oxygen atoms in total. The Morgan fingerprint density at radius 2 is 2.19 bits per heavy atom. The Balaban J connectivity index is 1.96. The van der Waals surface area contributed by atoms with Crippen molar-refractivity contribution in [3.05, 3.63) is 24.0 Å². The predicted octanol–water partition coefficient (Wildman–Crippen LogP) is 1.59. The summed E-state index contributed by atoms with van der Waals surface area (Å²) in [5.74, 6) is -0.133. The van der Waals surface area contributed by atoms with Crippen LogP contribution in [0.5, 0.6) is 5.75 Å².